The van der Waals surface area contributed by atoms with Gasteiger partial charge in [-0.15, -0.1) is 0 Å². The van der Waals surface area contributed by atoms with Crippen LogP contribution in [-0.4, -0.2) is 41.2 Å². The molecular weight excluding hydrogens is 252 g/mol. The number of nitrogens with one attached hydrogen (secondary N) is 1. The molecule has 0 radical (unpaired) electrons. The Kier molecular flexibility index (Phi) is 4.81. The van der Waals surface area contributed by atoms with Crippen molar-refractivity contribution in [2.24, 2.45) is 0 Å². The number of anilines is 1. The van der Waals surface area contributed by atoms with Gasteiger partial charge in [-0.05, 0) is 40.5 Å². The Bertz CT molecular complexity index is 430. The Morgan fingerprint density at radius 1 is 1.45 bits per heavy atom. The lowest BCUT2D eigenvalue weighted by Gasteiger charge is -2.29. The average molecular weight is 278 g/mol. The van der Waals surface area contributed by atoms with E-state index >= 15 is 0 Å². The molecule has 1 atom stereocenters. The van der Waals surface area contributed by atoms with Gasteiger partial charge in [0, 0.05) is 36.9 Å². The predicted molar refractivity (Wildman–Crippen MR) is 81.3 cm³/mol. The standard InChI is InChI=1S/C15H26N4O/c1-5-20-13-8-9-16-14(18-13)19-10-6-7-12(19)11-17-15(2,3)4/h8-9,12,17H,5-7,10-11H2,1-4H3. The van der Waals surface area contributed by atoms with Crippen LogP contribution in [0, 0.1) is 0 Å². The molecular formula is C15H26N4O. The second kappa shape index (κ2) is 6.39. The van der Waals surface area contributed by atoms with Crippen LogP contribution in [-0.2, 0) is 0 Å². The Hall–Kier alpha value is -1.36. The highest BCUT2D eigenvalue weighted by Crippen LogP contribution is 2.23. The molecule has 20 heavy (non-hydrogen) atoms. The van der Waals surface area contributed by atoms with Crippen LogP contribution in [0.25, 0.3) is 0 Å². The predicted octanol–water partition coefficient (Wildman–Crippen LogP) is 2.23. The molecule has 1 aliphatic rings. The van der Waals surface area contributed by atoms with Gasteiger partial charge in [-0.3, -0.25) is 0 Å². The minimum atomic E-state index is 0.141. The zero-order chi connectivity index (χ0) is 14.6. The minimum Gasteiger partial charge on any atom is -0.478 e. The van der Waals surface area contributed by atoms with Crippen molar-refractivity contribution >= 4 is 5.95 Å². The number of nitrogens with zero attached hydrogens (tertiary/aromatic N) is 3. The lowest BCUT2D eigenvalue weighted by Crippen LogP contribution is -2.45. The van der Waals surface area contributed by atoms with Crippen molar-refractivity contribution in [1.29, 1.82) is 0 Å². The molecule has 0 aliphatic carbocycles. The summed E-state index contributed by atoms with van der Waals surface area (Å²) >= 11 is 0. The largest absolute Gasteiger partial charge is 0.478 e. The van der Waals surface area contributed by atoms with Crippen molar-refractivity contribution in [3.05, 3.63) is 12.3 Å². The lowest BCUT2D eigenvalue weighted by atomic mass is 10.1. The van der Waals surface area contributed by atoms with Crippen LogP contribution in [0.15, 0.2) is 12.3 Å². The molecule has 0 spiro atoms. The van der Waals surface area contributed by atoms with Gasteiger partial charge < -0.3 is 15.0 Å². The maximum Gasteiger partial charge on any atom is 0.228 e. The summed E-state index contributed by atoms with van der Waals surface area (Å²) in [5.41, 5.74) is 0.141. The number of aromatic nitrogens is 2. The van der Waals surface area contributed by atoms with Gasteiger partial charge in [0.05, 0.1) is 6.61 Å². The van der Waals surface area contributed by atoms with Crippen molar-refractivity contribution in [3.8, 4) is 5.88 Å². The molecule has 1 saturated heterocycles. The molecule has 1 unspecified atom stereocenters. The number of ether oxygens (including phenoxy) is 1. The van der Waals surface area contributed by atoms with E-state index in [4.69, 9.17) is 4.74 Å². The summed E-state index contributed by atoms with van der Waals surface area (Å²) < 4.78 is 5.46. The van der Waals surface area contributed by atoms with Crippen LogP contribution in [0.1, 0.15) is 40.5 Å². The van der Waals surface area contributed by atoms with Gasteiger partial charge in [0.2, 0.25) is 11.8 Å². The van der Waals surface area contributed by atoms with Crippen LogP contribution < -0.4 is 15.0 Å². The van der Waals surface area contributed by atoms with Gasteiger partial charge in [0.25, 0.3) is 0 Å². The second-order valence-corrected chi connectivity index (χ2v) is 6.25. The molecule has 0 aromatic carbocycles. The maximum atomic E-state index is 5.46. The van der Waals surface area contributed by atoms with E-state index in [1.54, 1.807) is 6.20 Å². The minimum absolute atomic E-state index is 0.141. The first kappa shape index (κ1) is 15.0. The molecule has 0 saturated carbocycles. The van der Waals surface area contributed by atoms with Gasteiger partial charge in [-0.1, -0.05) is 0 Å². The number of hydrogen-bond donors (Lipinski definition) is 1. The van der Waals surface area contributed by atoms with Crippen LogP contribution >= 0.6 is 0 Å². The molecule has 1 aromatic rings. The Morgan fingerprint density at radius 3 is 2.95 bits per heavy atom. The molecule has 1 aromatic heterocycles. The molecule has 112 valence electrons. The van der Waals surface area contributed by atoms with Crippen molar-refractivity contribution < 1.29 is 4.74 Å². The fourth-order valence-electron chi connectivity index (χ4n) is 2.43. The summed E-state index contributed by atoms with van der Waals surface area (Å²) in [5, 5.41) is 3.57. The number of rotatable bonds is 5. The SMILES string of the molecule is CCOc1ccnc(N2CCCC2CNC(C)(C)C)n1. The lowest BCUT2D eigenvalue weighted by molar-refractivity contribution is 0.326. The van der Waals surface area contributed by atoms with Crippen molar-refractivity contribution in [3.63, 3.8) is 0 Å². The Labute approximate surface area is 121 Å². The third kappa shape index (κ3) is 4.07. The Balaban J connectivity index is 2.04. The zero-order valence-corrected chi connectivity index (χ0v) is 13.0. The van der Waals surface area contributed by atoms with E-state index in [2.05, 4.69) is 41.0 Å². The molecule has 2 heterocycles. The fraction of sp³-hybridized carbons (Fsp3) is 0.733. The Morgan fingerprint density at radius 2 is 2.25 bits per heavy atom. The maximum absolute atomic E-state index is 5.46. The normalized spacial score (nSPS) is 19.4. The molecule has 0 amide bonds. The first-order valence-corrected chi connectivity index (χ1v) is 7.47. The molecule has 1 aliphatic heterocycles. The van der Waals surface area contributed by atoms with Gasteiger partial charge in [0.1, 0.15) is 0 Å². The van der Waals surface area contributed by atoms with Crippen LogP contribution in [0.4, 0.5) is 5.95 Å². The highest BCUT2D eigenvalue weighted by Gasteiger charge is 2.27. The summed E-state index contributed by atoms with van der Waals surface area (Å²) in [5.74, 6) is 1.45. The summed E-state index contributed by atoms with van der Waals surface area (Å²) in [6, 6.07) is 2.27. The molecule has 1 N–H and O–H groups in total. The third-order valence-electron chi connectivity index (χ3n) is 3.41. The quantitative estimate of drug-likeness (QED) is 0.895. The summed E-state index contributed by atoms with van der Waals surface area (Å²) in [6.07, 6.45) is 4.16. The molecule has 5 heteroatoms. The van der Waals surface area contributed by atoms with Gasteiger partial charge in [-0.25, -0.2) is 4.98 Å². The molecule has 5 nitrogen and oxygen atoms in total. The van der Waals surface area contributed by atoms with Crippen molar-refractivity contribution in [2.45, 2.75) is 52.1 Å². The summed E-state index contributed by atoms with van der Waals surface area (Å²) in [6.45, 7) is 11.2. The summed E-state index contributed by atoms with van der Waals surface area (Å²) in [4.78, 5) is 11.2. The van der Waals surface area contributed by atoms with E-state index in [1.807, 2.05) is 13.0 Å². The van der Waals surface area contributed by atoms with Crippen LogP contribution in [0.5, 0.6) is 5.88 Å². The third-order valence-corrected chi connectivity index (χ3v) is 3.41. The highest BCUT2D eigenvalue weighted by molar-refractivity contribution is 5.35. The van der Waals surface area contributed by atoms with Gasteiger partial charge >= 0.3 is 0 Å². The van der Waals surface area contributed by atoms with E-state index in [1.165, 1.54) is 12.8 Å². The molecule has 0 bridgehead atoms. The van der Waals surface area contributed by atoms with Crippen LogP contribution in [0.2, 0.25) is 0 Å². The smallest absolute Gasteiger partial charge is 0.228 e. The molecule has 2 rings (SSSR count). The fourth-order valence-corrected chi connectivity index (χ4v) is 2.43. The topological polar surface area (TPSA) is 50.3 Å². The first-order chi connectivity index (χ1) is 9.49. The van der Waals surface area contributed by atoms with Crippen molar-refractivity contribution in [2.75, 3.05) is 24.6 Å². The monoisotopic (exact) mass is 278 g/mol. The first-order valence-electron chi connectivity index (χ1n) is 7.47. The zero-order valence-electron chi connectivity index (χ0n) is 13.0. The number of hydrogen-bond acceptors (Lipinski definition) is 5. The van der Waals surface area contributed by atoms with Gasteiger partial charge in [-0.2, -0.15) is 4.98 Å². The van der Waals surface area contributed by atoms with Gasteiger partial charge in [0.15, 0.2) is 0 Å². The van der Waals surface area contributed by atoms with E-state index in [9.17, 15) is 0 Å². The average Bonchev–Trinajstić information content (AvgIpc) is 2.84. The van der Waals surface area contributed by atoms with E-state index in [0.29, 0.717) is 18.5 Å². The van der Waals surface area contributed by atoms with Crippen molar-refractivity contribution in [1.82, 2.24) is 15.3 Å². The van der Waals surface area contributed by atoms with E-state index in [-0.39, 0.29) is 5.54 Å². The molecule has 1 fully saturated rings. The van der Waals surface area contributed by atoms with Crippen LogP contribution in [0.3, 0.4) is 0 Å². The summed E-state index contributed by atoms with van der Waals surface area (Å²) in [7, 11) is 0. The van der Waals surface area contributed by atoms with E-state index in [0.717, 1.165) is 19.0 Å². The second-order valence-electron chi connectivity index (χ2n) is 6.25. The highest BCUT2D eigenvalue weighted by atomic mass is 16.5. The van der Waals surface area contributed by atoms with E-state index < -0.39 is 0 Å².